The number of aliphatic hydroxyl groups excluding tert-OH is 1. The molecule has 2 aliphatic rings. The zero-order chi connectivity index (χ0) is 26.9. The minimum Gasteiger partial charge on any atom is -0.415 e. The smallest absolute Gasteiger partial charge is 0.310 e. The van der Waals surface area contributed by atoms with E-state index in [9.17, 15) is 19.1 Å². The van der Waals surface area contributed by atoms with E-state index < -0.39 is 6.10 Å². The van der Waals surface area contributed by atoms with Crippen molar-refractivity contribution in [1.29, 1.82) is 0 Å². The van der Waals surface area contributed by atoms with E-state index in [1.54, 1.807) is 10.6 Å². The van der Waals surface area contributed by atoms with Gasteiger partial charge in [-0.15, -0.1) is 0 Å². The first-order chi connectivity index (χ1) is 18.3. The molecule has 2 aliphatic heterocycles. The molecule has 1 N–H and O–H groups in total. The molecule has 0 amide bonds. The number of aliphatic hydroxyl groups is 1. The molecule has 38 heavy (non-hydrogen) atoms. The van der Waals surface area contributed by atoms with Gasteiger partial charge in [0.1, 0.15) is 17.7 Å². The number of hydrogen-bond acceptors (Lipinski definition) is 7. The van der Waals surface area contributed by atoms with E-state index >= 15 is 0 Å². The number of hydrogen-bond donors (Lipinski definition) is 1. The van der Waals surface area contributed by atoms with Crippen LogP contribution in [0.3, 0.4) is 0 Å². The molecule has 1 atom stereocenters. The molecule has 3 aromatic rings. The first-order valence-corrected chi connectivity index (χ1v) is 13.6. The molecule has 1 saturated heterocycles. The number of rotatable bonds is 8. The summed E-state index contributed by atoms with van der Waals surface area (Å²) in [5.74, 6) is 0.0436. The third-order valence-corrected chi connectivity index (χ3v) is 8.20. The van der Waals surface area contributed by atoms with Gasteiger partial charge in [0, 0.05) is 60.9 Å². The van der Waals surface area contributed by atoms with E-state index in [0.29, 0.717) is 59.5 Å². The summed E-state index contributed by atoms with van der Waals surface area (Å²) in [6, 6.07) is 4.50. The number of esters is 1. The number of fused-ring (bicyclic) bond motifs is 2. The van der Waals surface area contributed by atoms with Crippen molar-refractivity contribution in [1.82, 2.24) is 14.7 Å². The van der Waals surface area contributed by atoms with Crippen LogP contribution < -0.4 is 5.56 Å². The number of carbonyl (C=O) groups is 1. The van der Waals surface area contributed by atoms with Gasteiger partial charge in [-0.05, 0) is 38.3 Å². The number of piperidine rings is 1. The van der Waals surface area contributed by atoms with Crippen molar-refractivity contribution in [2.45, 2.75) is 77.4 Å². The maximum Gasteiger partial charge on any atom is 0.310 e. The maximum absolute atomic E-state index is 13.6. The monoisotopic (exact) mass is 527 g/mol. The molecule has 0 radical (unpaired) electrons. The summed E-state index contributed by atoms with van der Waals surface area (Å²) < 4.78 is 26.9. The van der Waals surface area contributed by atoms with Gasteiger partial charge in [0.15, 0.2) is 5.58 Å². The van der Waals surface area contributed by atoms with Crippen molar-refractivity contribution in [2.75, 3.05) is 26.4 Å². The summed E-state index contributed by atoms with van der Waals surface area (Å²) >= 11 is 0. The van der Waals surface area contributed by atoms with Gasteiger partial charge >= 0.3 is 5.97 Å². The van der Waals surface area contributed by atoms with E-state index in [1.165, 1.54) is 12.1 Å². The zero-order valence-corrected chi connectivity index (χ0v) is 22.1. The van der Waals surface area contributed by atoms with Crippen molar-refractivity contribution in [2.24, 2.45) is 0 Å². The van der Waals surface area contributed by atoms with E-state index in [1.807, 2.05) is 13.8 Å². The number of nitrogens with zero attached hydrogens (tertiary/aromatic N) is 4. The quantitative estimate of drug-likeness (QED) is 0.350. The van der Waals surface area contributed by atoms with Crippen LogP contribution in [0, 0.1) is 12.7 Å². The number of quaternary nitrogens is 1. The minimum absolute atomic E-state index is 0.0800. The topological polar surface area (TPSA) is 107 Å². The zero-order valence-electron chi connectivity index (χ0n) is 22.1. The SMILES string of the molecule is CCCC(=O)OC[N+]1(CCc2c(C)nc3n(c2=O)CCCC3O)CCC(c2noc3cc(F)ccc23)CC1. The highest BCUT2D eigenvalue weighted by Crippen LogP contribution is 2.35. The first kappa shape index (κ1) is 26.5. The summed E-state index contributed by atoms with van der Waals surface area (Å²) in [4.78, 5) is 30.2. The molecule has 0 spiro atoms. The minimum atomic E-state index is -0.705. The lowest BCUT2D eigenvalue weighted by molar-refractivity contribution is -0.948. The Morgan fingerprint density at radius 1 is 1.29 bits per heavy atom. The summed E-state index contributed by atoms with van der Waals surface area (Å²) in [6.07, 6.45) is 3.88. The van der Waals surface area contributed by atoms with Crippen LogP contribution in [-0.2, 0) is 22.5 Å². The Balaban J connectivity index is 1.35. The number of ether oxygens (including phenoxy) is 1. The van der Waals surface area contributed by atoms with Gasteiger partial charge in [0.25, 0.3) is 5.56 Å². The average molecular weight is 528 g/mol. The molecule has 2 aromatic heterocycles. The van der Waals surface area contributed by atoms with Crippen molar-refractivity contribution in [3.8, 4) is 0 Å². The molecule has 5 rings (SSSR count). The second-order valence-corrected chi connectivity index (χ2v) is 10.8. The molecular weight excluding hydrogens is 491 g/mol. The predicted molar refractivity (Wildman–Crippen MR) is 138 cm³/mol. The van der Waals surface area contributed by atoms with Gasteiger partial charge in [0.05, 0.1) is 25.3 Å². The predicted octanol–water partition coefficient (Wildman–Crippen LogP) is 3.90. The fraction of sp³-hybridized carbons (Fsp3) is 0.571. The average Bonchev–Trinajstić information content (AvgIpc) is 3.32. The lowest BCUT2D eigenvalue weighted by atomic mass is 9.90. The number of benzene rings is 1. The fourth-order valence-electron chi connectivity index (χ4n) is 5.92. The Hall–Kier alpha value is -3.11. The van der Waals surface area contributed by atoms with E-state index in [-0.39, 0.29) is 30.0 Å². The second kappa shape index (κ2) is 10.9. The summed E-state index contributed by atoms with van der Waals surface area (Å²) in [6.45, 7) is 6.73. The van der Waals surface area contributed by atoms with Gasteiger partial charge in [-0.1, -0.05) is 12.1 Å². The van der Waals surface area contributed by atoms with Crippen LogP contribution in [0.15, 0.2) is 27.5 Å². The number of likely N-dealkylation sites (tertiary alicyclic amines) is 1. The molecule has 0 aliphatic carbocycles. The molecule has 204 valence electrons. The van der Waals surface area contributed by atoms with Crippen LogP contribution in [0.5, 0.6) is 0 Å². The summed E-state index contributed by atoms with van der Waals surface area (Å²) in [5, 5.41) is 15.4. The normalized spacial score (nSPS) is 23.4. The third kappa shape index (κ3) is 5.24. The Morgan fingerprint density at radius 3 is 2.84 bits per heavy atom. The first-order valence-electron chi connectivity index (χ1n) is 13.6. The molecule has 9 nitrogen and oxygen atoms in total. The highest BCUT2D eigenvalue weighted by Gasteiger charge is 2.37. The van der Waals surface area contributed by atoms with Crippen LogP contribution in [-0.4, -0.2) is 56.6 Å². The van der Waals surface area contributed by atoms with Crippen molar-refractivity contribution in [3.05, 3.63) is 57.1 Å². The number of carbonyl (C=O) groups excluding carboxylic acids is 1. The number of halogens is 1. The van der Waals surface area contributed by atoms with Crippen molar-refractivity contribution >= 4 is 16.9 Å². The van der Waals surface area contributed by atoms with Crippen LogP contribution in [0.25, 0.3) is 11.0 Å². The van der Waals surface area contributed by atoms with Crippen LogP contribution in [0.1, 0.15) is 80.2 Å². The number of aromatic nitrogens is 3. The summed E-state index contributed by atoms with van der Waals surface area (Å²) in [5.41, 5.74) is 2.52. The maximum atomic E-state index is 13.6. The fourth-order valence-corrected chi connectivity index (χ4v) is 5.92. The second-order valence-electron chi connectivity index (χ2n) is 10.8. The Labute approximate surface area is 220 Å². The highest BCUT2D eigenvalue weighted by atomic mass is 19.1. The van der Waals surface area contributed by atoms with E-state index in [0.717, 1.165) is 49.9 Å². The molecule has 4 heterocycles. The molecule has 1 unspecified atom stereocenters. The standard InChI is InChI=1S/C28H36FN4O5/c1-3-5-25(35)37-17-33(15-11-21-18(2)30-27-23(34)6-4-12-32(27)28(21)36)13-9-19(10-14-33)26-22-8-7-20(29)16-24(22)38-31-26/h7-8,16,19,23,34H,3-6,9-15,17H2,1-2H3/q+1. The molecule has 10 heteroatoms. The molecular formula is C28H36FN4O5+. The molecule has 1 aromatic carbocycles. The van der Waals surface area contributed by atoms with Gasteiger partial charge in [-0.25, -0.2) is 9.37 Å². The largest absolute Gasteiger partial charge is 0.415 e. The Morgan fingerprint density at radius 2 is 2.08 bits per heavy atom. The third-order valence-electron chi connectivity index (χ3n) is 8.20. The summed E-state index contributed by atoms with van der Waals surface area (Å²) in [7, 11) is 0. The molecule has 0 saturated carbocycles. The van der Waals surface area contributed by atoms with Gasteiger partial charge in [-0.3, -0.25) is 18.6 Å². The highest BCUT2D eigenvalue weighted by molar-refractivity contribution is 5.79. The van der Waals surface area contributed by atoms with Crippen molar-refractivity contribution in [3.63, 3.8) is 0 Å². The Kier molecular flexibility index (Phi) is 7.63. The van der Waals surface area contributed by atoms with Gasteiger partial charge in [0.2, 0.25) is 6.73 Å². The Bertz CT molecular complexity index is 1380. The van der Waals surface area contributed by atoms with E-state index in [2.05, 4.69) is 10.1 Å². The molecule has 0 bridgehead atoms. The number of aryl methyl sites for hydroxylation is 1. The van der Waals surface area contributed by atoms with Crippen LogP contribution >= 0.6 is 0 Å². The van der Waals surface area contributed by atoms with Crippen molar-refractivity contribution < 1.29 is 28.0 Å². The van der Waals surface area contributed by atoms with Gasteiger partial charge in [-0.2, -0.15) is 0 Å². The molecule has 1 fully saturated rings. The van der Waals surface area contributed by atoms with Crippen LogP contribution in [0.4, 0.5) is 4.39 Å². The van der Waals surface area contributed by atoms with Gasteiger partial charge < -0.3 is 14.4 Å². The van der Waals surface area contributed by atoms with Crippen LogP contribution in [0.2, 0.25) is 0 Å². The lowest BCUT2D eigenvalue weighted by Gasteiger charge is -2.42. The lowest BCUT2D eigenvalue weighted by Crippen LogP contribution is -2.55. The van der Waals surface area contributed by atoms with E-state index in [4.69, 9.17) is 9.26 Å².